The van der Waals surface area contributed by atoms with Gasteiger partial charge in [0.15, 0.2) is 0 Å². The predicted molar refractivity (Wildman–Crippen MR) is 57.8 cm³/mol. The third-order valence-electron chi connectivity index (χ3n) is 2.81. The molecule has 0 aromatic heterocycles. The summed E-state index contributed by atoms with van der Waals surface area (Å²) in [4.78, 5) is 11.4. The highest BCUT2D eigenvalue weighted by Gasteiger charge is 2.20. The zero-order chi connectivity index (χ0) is 10.6. The number of carbonyl (C=O) groups excluding carboxylic acids is 1. The molecular formula is C11H22N2O. The van der Waals surface area contributed by atoms with E-state index in [2.05, 4.69) is 5.32 Å². The van der Waals surface area contributed by atoms with Gasteiger partial charge in [-0.2, -0.15) is 0 Å². The van der Waals surface area contributed by atoms with E-state index in [0.717, 1.165) is 18.9 Å². The Labute approximate surface area is 86.4 Å². The summed E-state index contributed by atoms with van der Waals surface area (Å²) in [5, 5.41) is 2.88. The molecule has 0 heterocycles. The minimum Gasteiger partial charge on any atom is -0.355 e. The first-order chi connectivity index (χ1) is 6.61. The van der Waals surface area contributed by atoms with Crippen molar-refractivity contribution < 1.29 is 4.79 Å². The molecule has 0 spiro atoms. The molecule has 3 nitrogen and oxygen atoms in total. The zero-order valence-corrected chi connectivity index (χ0v) is 9.25. The minimum atomic E-state index is -0.351. The lowest BCUT2D eigenvalue weighted by molar-refractivity contribution is -0.123. The number of amides is 1. The molecule has 1 amide bonds. The van der Waals surface area contributed by atoms with Crippen LogP contribution in [0.3, 0.4) is 0 Å². The van der Waals surface area contributed by atoms with Crippen molar-refractivity contribution in [3.63, 3.8) is 0 Å². The van der Waals surface area contributed by atoms with Crippen molar-refractivity contribution in [2.24, 2.45) is 17.6 Å². The lowest BCUT2D eigenvalue weighted by atomic mass is 10.1. The Balaban J connectivity index is 2.01. The lowest BCUT2D eigenvalue weighted by Crippen LogP contribution is -2.44. The van der Waals surface area contributed by atoms with Gasteiger partial charge in [-0.3, -0.25) is 4.79 Å². The second-order valence-electron chi connectivity index (χ2n) is 4.65. The Morgan fingerprint density at radius 1 is 1.50 bits per heavy atom. The Kier molecular flexibility index (Phi) is 4.39. The molecule has 0 aromatic carbocycles. The van der Waals surface area contributed by atoms with E-state index >= 15 is 0 Å². The predicted octanol–water partition coefficient (Wildman–Crippen LogP) is 1.28. The summed E-state index contributed by atoms with van der Waals surface area (Å²) in [6, 6.07) is -0.351. The quantitative estimate of drug-likeness (QED) is 0.632. The van der Waals surface area contributed by atoms with Crippen LogP contribution in [0.15, 0.2) is 0 Å². The molecular weight excluding hydrogens is 176 g/mol. The third kappa shape index (κ3) is 4.09. The van der Waals surface area contributed by atoms with E-state index in [0.29, 0.717) is 0 Å². The van der Waals surface area contributed by atoms with Gasteiger partial charge in [0.2, 0.25) is 5.91 Å². The molecule has 0 radical (unpaired) electrons. The summed E-state index contributed by atoms with van der Waals surface area (Å²) >= 11 is 0. The van der Waals surface area contributed by atoms with E-state index in [1.807, 2.05) is 13.8 Å². The summed E-state index contributed by atoms with van der Waals surface area (Å²) in [6.07, 6.45) is 5.14. The van der Waals surface area contributed by atoms with Gasteiger partial charge in [-0.25, -0.2) is 0 Å². The van der Waals surface area contributed by atoms with Crippen molar-refractivity contribution in [3.05, 3.63) is 0 Å². The van der Waals surface area contributed by atoms with Gasteiger partial charge < -0.3 is 11.1 Å². The molecule has 1 aliphatic rings. The highest BCUT2D eigenvalue weighted by Crippen LogP contribution is 2.33. The molecule has 1 fully saturated rings. The zero-order valence-electron chi connectivity index (χ0n) is 9.25. The van der Waals surface area contributed by atoms with E-state index in [9.17, 15) is 4.79 Å². The van der Waals surface area contributed by atoms with Gasteiger partial charge in [-0.15, -0.1) is 0 Å². The number of hydrogen-bond donors (Lipinski definition) is 2. The minimum absolute atomic E-state index is 0.00389. The number of rotatable bonds is 6. The van der Waals surface area contributed by atoms with Crippen LogP contribution in [-0.2, 0) is 4.79 Å². The third-order valence-corrected chi connectivity index (χ3v) is 2.81. The van der Waals surface area contributed by atoms with Crippen molar-refractivity contribution in [2.75, 3.05) is 6.54 Å². The first-order valence-electron chi connectivity index (χ1n) is 5.64. The smallest absolute Gasteiger partial charge is 0.237 e. The van der Waals surface area contributed by atoms with Gasteiger partial charge in [0, 0.05) is 6.54 Å². The van der Waals surface area contributed by atoms with Crippen LogP contribution < -0.4 is 11.1 Å². The Hall–Kier alpha value is -0.570. The molecule has 3 heteroatoms. The average Bonchev–Trinajstić information content (AvgIpc) is 2.94. The highest BCUT2D eigenvalue weighted by atomic mass is 16.2. The Bertz CT molecular complexity index is 188. The van der Waals surface area contributed by atoms with Gasteiger partial charge in [0.05, 0.1) is 6.04 Å². The standard InChI is InChI=1S/C11H22N2O/c1-8(2)10(12)11(14)13-7-3-4-9-5-6-9/h8-10H,3-7,12H2,1-2H3,(H,13,14)/t10-/m1/s1. The van der Waals surface area contributed by atoms with Crippen LogP contribution in [0.1, 0.15) is 39.5 Å². The van der Waals surface area contributed by atoms with Gasteiger partial charge >= 0.3 is 0 Å². The molecule has 1 saturated carbocycles. The molecule has 1 atom stereocenters. The summed E-state index contributed by atoms with van der Waals surface area (Å²) in [5.74, 6) is 1.17. The first kappa shape index (κ1) is 11.5. The monoisotopic (exact) mass is 198 g/mol. The summed E-state index contributed by atoms with van der Waals surface area (Å²) in [5.41, 5.74) is 5.70. The van der Waals surface area contributed by atoms with Crippen LogP contribution in [0.2, 0.25) is 0 Å². The van der Waals surface area contributed by atoms with Gasteiger partial charge in [0.1, 0.15) is 0 Å². The SMILES string of the molecule is CC(C)[C@@H](N)C(=O)NCCCC1CC1. The van der Waals surface area contributed by atoms with E-state index in [1.54, 1.807) is 0 Å². The van der Waals surface area contributed by atoms with Crippen molar-refractivity contribution >= 4 is 5.91 Å². The second kappa shape index (κ2) is 5.35. The molecule has 82 valence electrons. The number of carbonyl (C=O) groups is 1. The van der Waals surface area contributed by atoms with Crippen molar-refractivity contribution in [3.8, 4) is 0 Å². The summed E-state index contributed by atoms with van der Waals surface area (Å²) in [6.45, 7) is 4.72. The van der Waals surface area contributed by atoms with Gasteiger partial charge in [-0.05, 0) is 24.7 Å². The maximum atomic E-state index is 11.4. The van der Waals surface area contributed by atoms with Crippen LogP contribution >= 0.6 is 0 Å². The summed E-state index contributed by atoms with van der Waals surface area (Å²) < 4.78 is 0. The van der Waals surface area contributed by atoms with Crippen LogP contribution in [0, 0.1) is 11.8 Å². The number of hydrogen-bond acceptors (Lipinski definition) is 2. The van der Waals surface area contributed by atoms with E-state index in [1.165, 1.54) is 19.3 Å². The molecule has 1 aliphatic carbocycles. The number of nitrogens with one attached hydrogen (secondary N) is 1. The first-order valence-corrected chi connectivity index (χ1v) is 5.64. The van der Waals surface area contributed by atoms with E-state index < -0.39 is 0 Å². The number of nitrogens with two attached hydrogens (primary N) is 1. The fraction of sp³-hybridized carbons (Fsp3) is 0.909. The van der Waals surface area contributed by atoms with Gasteiger partial charge in [0.25, 0.3) is 0 Å². The Morgan fingerprint density at radius 2 is 2.14 bits per heavy atom. The highest BCUT2D eigenvalue weighted by molar-refractivity contribution is 5.81. The van der Waals surface area contributed by atoms with Crippen LogP contribution in [-0.4, -0.2) is 18.5 Å². The van der Waals surface area contributed by atoms with Crippen molar-refractivity contribution in [1.29, 1.82) is 0 Å². The maximum absolute atomic E-state index is 11.4. The largest absolute Gasteiger partial charge is 0.355 e. The molecule has 0 saturated heterocycles. The molecule has 0 bridgehead atoms. The normalized spacial score (nSPS) is 18.3. The van der Waals surface area contributed by atoms with Crippen LogP contribution in [0.4, 0.5) is 0 Å². The van der Waals surface area contributed by atoms with Crippen molar-refractivity contribution in [2.45, 2.75) is 45.6 Å². The molecule has 14 heavy (non-hydrogen) atoms. The van der Waals surface area contributed by atoms with E-state index in [4.69, 9.17) is 5.73 Å². The van der Waals surface area contributed by atoms with Crippen LogP contribution in [0.25, 0.3) is 0 Å². The van der Waals surface area contributed by atoms with Crippen LogP contribution in [0.5, 0.6) is 0 Å². The molecule has 1 rings (SSSR count). The van der Waals surface area contributed by atoms with Crippen molar-refractivity contribution in [1.82, 2.24) is 5.32 Å². The average molecular weight is 198 g/mol. The molecule has 0 aliphatic heterocycles. The molecule has 3 N–H and O–H groups in total. The molecule has 0 unspecified atom stereocenters. The fourth-order valence-corrected chi connectivity index (χ4v) is 1.43. The topological polar surface area (TPSA) is 55.1 Å². The molecule has 0 aromatic rings. The van der Waals surface area contributed by atoms with E-state index in [-0.39, 0.29) is 17.9 Å². The van der Waals surface area contributed by atoms with Gasteiger partial charge in [-0.1, -0.05) is 26.7 Å². The maximum Gasteiger partial charge on any atom is 0.237 e. The Morgan fingerprint density at radius 3 is 2.64 bits per heavy atom. The lowest BCUT2D eigenvalue weighted by Gasteiger charge is -2.15. The fourth-order valence-electron chi connectivity index (χ4n) is 1.43. The second-order valence-corrected chi connectivity index (χ2v) is 4.65. The summed E-state index contributed by atoms with van der Waals surface area (Å²) in [7, 11) is 0.